The summed E-state index contributed by atoms with van der Waals surface area (Å²) >= 11 is 0. The predicted molar refractivity (Wildman–Crippen MR) is 82.6 cm³/mol. The average Bonchev–Trinajstić information content (AvgIpc) is 2.48. The number of ether oxygens (including phenoxy) is 1. The lowest BCUT2D eigenvalue weighted by Gasteiger charge is -2.08. The van der Waals surface area contributed by atoms with Crippen molar-refractivity contribution in [1.82, 2.24) is 4.72 Å². The van der Waals surface area contributed by atoms with Crippen LogP contribution in [0.15, 0.2) is 59.5 Å². The minimum Gasteiger partial charge on any atom is -0.494 e. The first-order valence-corrected chi connectivity index (χ1v) is 8.09. The highest BCUT2D eigenvalue weighted by Crippen LogP contribution is 2.12. The second kappa shape index (κ2) is 7.10. The molecule has 0 aliphatic carbocycles. The molecule has 0 atom stereocenters. The van der Waals surface area contributed by atoms with Crippen molar-refractivity contribution in [3.05, 3.63) is 54.6 Å². The highest BCUT2D eigenvalue weighted by Gasteiger charge is 2.12. The Hall–Kier alpha value is -2.05. The SMILES string of the molecule is Nc1cccc(S(=O)(=O)NCCCOc2ccccc2)c1. The third-order valence-electron chi connectivity index (χ3n) is 2.79. The fourth-order valence-corrected chi connectivity index (χ4v) is 2.88. The third kappa shape index (κ3) is 4.77. The fourth-order valence-electron chi connectivity index (χ4n) is 1.75. The molecule has 0 saturated carbocycles. The van der Waals surface area contributed by atoms with Gasteiger partial charge >= 0.3 is 0 Å². The van der Waals surface area contributed by atoms with Gasteiger partial charge in [0.1, 0.15) is 5.75 Å². The van der Waals surface area contributed by atoms with Gasteiger partial charge in [-0.15, -0.1) is 0 Å². The molecular formula is C15H18N2O3S. The molecule has 0 heterocycles. The molecule has 3 N–H and O–H groups in total. The number of hydrogen-bond donors (Lipinski definition) is 2. The zero-order chi connectivity index (χ0) is 15.1. The van der Waals surface area contributed by atoms with E-state index in [1.165, 1.54) is 12.1 Å². The maximum absolute atomic E-state index is 12.0. The average molecular weight is 306 g/mol. The van der Waals surface area contributed by atoms with E-state index < -0.39 is 10.0 Å². The number of anilines is 1. The molecule has 0 aliphatic rings. The number of sulfonamides is 1. The van der Waals surface area contributed by atoms with Crippen molar-refractivity contribution in [3.63, 3.8) is 0 Å². The maximum Gasteiger partial charge on any atom is 0.240 e. The Morgan fingerprint density at radius 2 is 1.81 bits per heavy atom. The summed E-state index contributed by atoms with van der Waals surface area (Å²) < 4.78 is 32.0. The Morgan fingerprint density at radius 1 is 1.05 bits per heavy atom. The molecule has 0 spiro atoms. The van der Waals surface area contributed by atoms with Crippen LogP contribution in [0.4, 0.5) is 5.69 Å². The molecule has 2 aromatic carbocycles. The third-order valence-corrected chi connectivity index (χ3v) is 4.25. The van der Waals surface area contributed by atoms with Gasteiger partial charge in [0, 0.05) is 12.2 Å². The number of nitrogen functional groups attached to an aromatic ring is 1. The van der Waals surface area contributed by atoms with Crippen LogP contribution >= 0.6 is 0 Å². The van der Waals surface area contributed by atoms with E-state index in [4.69, 9.17) is 10.5 Å². The van der Waals surface area contributed by atoms with Gasteiger partial charge in [0.15, 0.2) is 0 Å². The second-order valence-electron chi connectivity index (χ2n) is 4.49. The molecule has 2 rings (SSSR count). The van der Waals surface area contributed by atoms with Gasteiger partial charge in [0.05, 0.1) is 11.5 Å². The summed E-state index contributed by atoms with van der Waals surface area (Å²) in [4.78, 5) is 0.173. The second-order valence-corrected chi connectivity index (χ2v) is 6.25. The molecule has 0 fully saturated rings. The van der Waals surface area contributed by atoms with Crippen molar-refractivity contribution in [2.24, 2.45) is 0 Å². The van der Waals surface area contributed by atoms with Crippen LogP contribution in [0.1, 0.15) is 6.42 Å². The monoisotopic (exact) mass is 306 g/mol. The van der Waals surface area contributed by atoms with Crippen LogP contribution in [0.5, 0.6) is 5.75 Å². The van der Waals surface area contributed by atoms with E-state index in [0.717, 1.165) is 5.75 Å². The van der Waals surface area contributed by atoms with Crippen molar-refractivity contribution in [1.29, 1.82) is 0 Å². The quantitative estimate of drug-likeness (QED) is 0.605. The molecule has 2 aromatic rings. The fraction of sp³-hybridized carbons (Fsp3) is 0.200. The lowest BCUT2D eigenvalue weighted by atomic mass is 10.3. The Morgan fingerprint density at radius 3 is 2.52 bits per heavy atom. The van der Waals surface area contributed by atoms with Gasteiger partial charge in [-0.25, -0.2) is 13.1 Å². The maximum atomic E-state index is 12.0. The van der Waals surface area contributed by atoms with E-state index in [-0.39, 0.29) is 4.90 Å². The van der Waals surface area contributed by atoms with Crippen LogP contribution in [0, 0.1) is 0 Å². The highest BCUT2D eigenvalue weighted by molar-refractivity contribution is 7.89. The van der Waals surface area contributed by atoms with Crippen molar-refractivity contribution in [2.45, 2.75) is 11.3 Å². The molecule has 0 bridgehead atoms. The Kier molecular flexibility index (Phi) is 5.19. The van der Waals surface area contributed by atoms with Crippen molar-refractivity contribution < 1.29 is 13.2 Å². The number of nitrogens with two attached hydrogens (primary N) is 1. The number of nitrogens with one attached hydrogen (secondary N) is 1. The van der Waals surface area contributed by atoms with Gasteiger partial charge < -0.3 is 10.5 Å². The van der Waals surface area contributed by atoms with Crippen molar-refractivity contribution in [2.75, 3.05) is 18.9 Å². The Bertz CT molecular complexity index is 672. The van der Waals surface area contributed by atoms with Crippen LogP contribution in [-0.4, -0.2) is 21.6 Å². The summed E-state index contributed by atoms with van der Waals surface area (Å²) in [6.45, 7) is 0.757. The summed E-state index contributed by atoms with van der Waals surface area (Å²) in [5.74, 6) is 0.774. The number of benzene rings is 2. The van der Waals surface area contributed by atoms with Gasteiger partial charge in [-0.1, -0.05) is 24.3 Å². The van der Waals surface area contributed by atoms with Gasteiger partial charge in [-0.2, -0.15) is 0 Å². The van der Waals surface area contributed by atoms with E-state index in [2.05, 4.69) is 4.72 Å². The lowest BCUT2D eigenvalue weighted by Crippen LogP contribution is -2.25. The summed E-state index contributed by atoms with van der Waals surface area (Å²) in [5, 5.41) is 0. The first-order valence-electron chi connectivity index (χ1n) is 6.61. The van der Waals surface area contributed by atoms with Gasteiger partial charge in [0.25, 0.3) is 0 Å². The molecule has 21 heavy (non-hydrogen) atoms. The number of rotatable bonds is 7. The summed E-state index contributed by atoms with van der Waals surface area (Å²) in [5.41, 5.74) is 6.01. The molecule has 0 unspecified atom stereocenters. The number of para-hydroxylation sites is 1. The van der Waals surface area contributed by atoms with Gasteiger partial charge in [0.2, 0.25) is 10.0 Å². The largest absolute Gasteiger partial charge is 0.494 e. The molecular weight excluding hydrogens is 288 g/mol. The normalized spacial score (nSPS) is 11.2. The molecule has 6 heteroatoms. The molecule has 0 aliphatic heterocycles. The minimum atomic E-state index is -3.51. The van der Waals surface area contributed by atoms with Crippen LogP contribution in [0.3, 0.4) is 0 Å². The first kappa shape index (κ1) is 15.3. The first-order chi connectivity index (χ1) is 10.1. The van der Waals surface area contributed by atoms with E-state index in [0.29, 0.717) is 25.3 Å². The highest BCUT2D eigenvalue weighted by atomic mass is 32.2. The zero-order valence-corrected chi connectivity index (χ0v) is 12.3. The molecule has 0 saturated heterocycles. The van der Waals surface area contributed by atoms with Crippen LogP contribution in [-0.2, 0) is 10.0 Å². The minimum absolute atomic E-state index is 0.173. The van der Waals surface area contributed by atoms with Gasteiger partial charge in [-0.05, 0) is 36.8 Å². The van der Waals surface area contributed by atoms with Gasteiger partial charge in [-0.3, -0.25) is 0 Å². The number of hydrogen-bond acceptors (Lipinski definition) is 4. The topological polar surface area (TPSA) is 81.4 Å². The van der Waals surface area contributed by atoms with E-state index in [1.54, 1.807) is 12.1 Å². The van der Waals surface area contributed by atoms with E-state index in [9.17, 15) is 8.42 Å². The standard InChI is InChI=1S/C15H18N2O3S/c16-13-6-4-9-15(12-13)21(18,19)17-10-5-11-20-14-7-2-1-3-8-14/h1-4,6-9,12,17H,5,10-11,16H2. The lowest BCUT2D eigenvalue weighted by molar-refractivity contribution is 0.311. The molecule has 0 amide bonds. The van der Waals surface area contributed by atoms with Crippen LogP contribution in [0.25, 0.3) is 0 Å². The van der Waals surface area contributed by atoms with E-state index in [1.807, 2.05) is 30.3 Å². The predicted octanol–water partition coefficient (Wildman–Crippen LogP) is 2.02. The van der Waals surface area contributed by atoms with Crippen LogP contribution < -0.4 is 15.2 Å². The molecule has 0 aromatic heterocycles. The summed E-state index contributed by atoms with van der Waals surface area (Å²) in [6, 6.07) is 15.6. The Labute approximate surface area is 124 Å². The molecule has 112 valence electrons. The summed E-state index contributed by atoms with van der Waals surface area (Å²) in [6.07, 6.45) is 0.580. The van der Waals surface area contributed by atoms with Crippen LogP contribution in [0.2, 0.25) is 0 Å². The smallest absolute Gasteiger partial charge is 0.240 e. The van der Waals surface area contributed by atoms with Crippen molar-refractivity contribution >= 4 is 15.7 Å². The zero-order valence-electron chi connectivity index (χ0n) is 11.5. The molecule has 5 nitrogen and oxygen atoms in total. The molecule has 0 radical (unpaired) electrons. The Balaban J connectivity index is 1.78. The van der Waals surface area contributed by atoms with E-state index >= 15 is 0 Å². The van der Waals surface area contributed by atoms with Crippen molar-refractivity contribution in [3.8, 4) is 5.75 Å². The summed E-state index contributed by atoms with van der Waals surface area (Å²) in [7, 11) is -3.51.